The zero-order valence-electron chi connectivity index (χ0n) is 13.6. The van der Waals surface area contributed by atoms with E-state index in [1.165, 1.54) is 17.7 Å². The molecule has 0 saturated carbocycles. The highest BCUT2D eigenvalue weighted by atomic mass is 32.1. The second-order valence-corrected chi connectivity index (χ2v) is 6.48. The van der Waals surface area contributed by atoms with E-state index in [2.05, 4.69) is 25.4 Å². The van der Waals surface area contributed by atoms with Gasteiger partial charge in [0.25, 0.3) is 5.91 Å². The Morgan fingerprint density at radius 2 is 2.00 bits per heavy atom. The number of aromatic nitrogens is 5. The van der Waals surface area contributed by atoms with Gasteiger partial charge in [0, 0.05) is 17.3 Å². The third-order valence-electron chi connectivity index (χ3n) is 3.71. The maximum Gasteiger partial charge on any atom is 0.256 e. The van der Waals surface area contributed by atoms with E-state index in [-0.39, 0.29) is 5.91 Å². The van der Waals surface area contributed by atoms with E-state index >= 15 is 0 Å². The fraction of sp³-hybridized carbons (Fsp3) is 0.118. The van der Waals surface area contributed by atoms with Crippen molar-refractivity contribution in [2.75, 3.05) is 5.32 Å². The first-order chi connectivity index (χ1) is 12.1. The van der Waals surface area contributed by atoms with Gasteiger partial charge in [-0.2, -0.15) is 5.10 Å². The molecule has 0 atom stereocenters. The summed E-state index contributed by atoms with van der Waals surface area (Å²) in [5.74, 6) is 0.800. The van der Waals surface area contributed by atoms with E-state index in [1.54, 1.807) is 22.3 Å². The number of fused-ring (bicyclic) bond motifs is 1. The van der Waals surface area contributed by atoms with Crippen LogP contribution in [0.4, 0.5) is 5.82 Å². The normalized spacial score (nSPS) is 11.0. The minimum absolute atomic E-state index is 0.228. The van der Waals surface area contributed by atoms with Gasteiger partial charge in [0.15, 0.2) is 5.82 Å². The standard InChI is InChI=1S/C17H14N6OS/c1-10-5-11(2)23(22-10)16-7-15(18-8-19-16)21-17(24)12-3-4-13-14(6-12)25-9-20-13/h3-9H,1-2H3,(H,18,19,21,24). The Bertz CT molecular complexity index is 1080. The van der Waals surface area contributed by atoms with Crippen molar-refractivity contribution >= 4 is 33.3 Å². The van der Waals surface area contributed by atoms with Crippen LogP contribution < -0.4 is 5.32 Å². The average Bonchev–Trinajstić information content (AvgIpc) is 3.20. The summed E-state index contributed by atoms with van der Waals surface area (Å²) in [6.45, 7) is 3.87. The molecule has 8 heteroatoms. The molecule has 4 rings (SSSR count). The molecule has 3 heterocycles. The predicted octanol–water partition coefficient (Wildman–Crippen LogP) is 3.14. The Morgan fingerprint density at radius 1 is 1.12 bits per heavy atom. The molecule has 0 spiro atoms. The van der Waals surface area contributed by atoms with Crippen LogP contribution in [0.1, 0.15) is 21.7 Å². The molecule has 0 aliphatic carbocycles. The lowest BCUT2D eigenvalue weighted by molar-refractivity contribution is 0.102. The zero-order valence-corrected chi connectivity index (χ0v) is 14.4. The molecule has 25 heavy (non-hydrogen) atoms. The Labute approximate surface area is 147 Å². The largest absolute Gasteiger partial charge is 0.306 e. The Kier molecular flexibility index (Phi) is 3.73. The highest BCUT2D eigenvalue weighted by molar-refractivity contribution is 7.16. The average molecular weight is 350 g/mol. The predicted molar refractivity (Wildman–Crippen MR) is 96.2 cm³/mol. The van der Waals surface area contributed by atoms with Crippen molar-refractivity contribution in [2.45, 2.75) is 13.8 Å². The van der Waals surface area contributed by atoms with Gasteiger partial charge in [0.05, 0.1) is 21.4 Å². The van der Waals surface area contributed by atoms with Gasteiger partial charge >= 0.3 is 0 Å². The number of aryl methyl sites for hydroxylation is 2. The van der Waals surface area contributed by atoms with Gasteiger partial charge in [0.2, 0.25) is 0 Å². The first-order valence-corrected chi connectivity index (χ1v) is 8.48. The van der Waals surface area contributed by atoms with Crippen molar-refractivity contribution in [3.63, 3.8) is 0 Å². The number of thiazole rings is 1. The third-order valence-corrected chi connectivity index (χ3v) is 4.51. The van der Waals surface area contributed by atoms with E-state index in [0.29, 0.717) is 17.2 Å². The Hall–Kier alpha value is -3.13. The van der Waals surface area contributed by atoms with Crippen LogP contribution in [0.25, 0.3) is 16.0 Å². The van der Waals surface area contributed by atoms with Gasteiger partial charge in [-0.3, -0.25) is 4.79 Å². The van der Waals surface area contributed by atoms with Crippen LogP contribution in [0, 0.1) is 13.8 Å². The third kappa shape index (κ3) is 2.99. The molecule has 3 aromatic heterocycles. The molecule has 0 bridgehead atoms. The maximum absolute atomic E-state index is 12.5. The maximum atomic E-state index is 12.5. The summed E-state index contributed by atoms with van der Waals surface area (Å²) in [6, 6.07) is 9.07. The van der Waals surface area contributed by atoms with Crippen molar-refractivity contribution in [3.05, 3.63) is 59.1 Å². The number of carbonyl (C=O) groups excluding carboxylic acids is 1. The molecule has 1 aromatic carbocycles. The van der Waals surface area contributed by atoms with E-state index in [4.69, 9.17) is 0 Å². The van der Waals surface area contributed by atoms with Crippen LogP contribution in [0.15, 0.2) is 42.2 Å². The number of hydrogen-bond acceptors (Lipinski definition) is 6. The SMILES string of the molecule is Cc1cc(C)n(-c2cc(NC(=O)c3ccc4ncsc4c3)ncn2)n1. The highest BCUT2D eigenvalue weighted by Crippen LogP contribution is 2.20. The first kappa shape index (κ1) is 15.4. The fourth-order valence-electron chi connectivity index (χ4n) is 2.58. The second-order valence-electron chi connectivity index (χ2n) is 5.59. The summed E-state index contributed by atoms with van der Waals surface area (Å²) >= 11 is 1.50. The molecule has 1 amide bonds. The van der Waals surface area contributed by atoms with Gasteiger partial charge in [0.1, 0.15) is 12.1 Å². The Morgan fingerprint density at radius 3 is 2.80 bits per heavy atom. The van der Waals surface area contributed by atoms with Crippen LogP contribution in [0.2, 0.25) is 0 Å². The zero-order chi connectivity index (χ0) is 17.4. The number of benzene rings is 1. The molecule has 4 aromatic rings. The van der Waals surface area contributed by atoms with Gasteiger partial charge in [-0.15, -0.1) is 11.3 Å². The summed E-state index contributed by atoms with van der Waals surface area (Å²) in [7, 11) is 0. The van der Waals surface area contributed by atoms with Crippen molar-refractivity contribution in [1.29, 1.82) is 0 Å². The highest BCUT2D eigenvalue weighted by Gasteiger charge is 2.11. The van der Waals surface area contributed by atoms with Gasteiger partial charge in [-0.25, -0.2) is 19.6 Å². The first-order valence-electron chi connectivity index (χ1n) is 7.60. The quantitative estimate of drug-likeness (QED) is 0.613. The monoisotopic (exact) mass is 350 g/mol. The number of nitrogens with one attached hydrogen (secondary N) is 1. The number of nitrogens with zero attached hydrogens (tertiary/aromatic N) is 5. The van der Waals surface area contributed by atoms with Crippen molar-refractivity contribution in [3.8, 4) is 5.82 Å². The lowest BCUT2D eigenvalue weighted by Gasteiger charge is -2.07. The summed E-state index contributed by atoms with van der Waals surface area (Å²) < 4.78 is 2.69. The van der Waals surface area contributed by atoms with Crippen LogP contribution in [0.5, 0.6) is 0 Å². The second kappa shape index (κ2) is 6.06. The minimum atomic E-state index is -0.228. The lowest BCUT2D eigenvalue weighted by Crippen LogP contribution is -2.14. The summed E-state index contributed by atoms with van der Waals surface area (Å²) in [6.07, 6.45) is 1.41. The van der Waals surface area contributed by atoms with Crippen molar-refractivity contribution < 1.29 is 4.79 Å². The fourth-order valence-corrected chi connectivity index (χ4v) is 3.29. The topological polar surface area (TPSA) is 85.6 Å². The van der Waals surface area contributed by atoms with Crippen molar-refractivity contribution in [1.82, 2.24) is 24.7 Å². The molecule has 0 aliphatic rings. The number of rotatable bonds is 3. The molecule has 0 radical (unpaired) electrons. The molecule has 7 nitrogen and oxygen atoms in total. The summed E-state index contributed by atoms with van der Waals surface area (Å²) in [5.41, 5.74) is 5.07. The Balaban J connectivity index is 1.61. The number of hydrogen-bond donors (Lipinski definition) is 1. The van der Waals surface area contributed by atoms with Crippen molar-refractivity contribution in [2.24, 2.45) is 0 Å². The molecule has 0 unspecified atom stereocenters. The molecule has 124 valence electrons. The summed E-state index contributed by atoms with van der Waals surface area (Å²) in [5, 5.41) is 7.20. The van der Waals surface area contributed by atoms with E-state index in [0.717, 1.165) is 21.6 Å². The van der Waals surface area contributed by atoms with Crippen LogP contribution >= 0.6 is 11.3 Å². The molecule has 0 fully saturated rings. The molecule has 1 N–H and O–H groups in total. The molecule has 0 aliphatic heterocycles. The summed E-state index contributed by atoms with van der Waals surface area (Å²) in [4.78, 5) is 25.1. The minimum Gasteiger partial charge on any atom is -0.306 e. The smallest absolute Gasteiger partial charge is 0.256 e. The van der Waals surface area contributed by atoms with Gasteiger partial charge in [-0.05, 0) is 38.1 Å². The van der Waals surface area contributed by atoms with Gasteiger partial charge < -0.3 is 5.32 Å². The lowest BCUT2D eigenvalue weighted by atomic mass is 10.2. The number of anilines is 1. The van der Waals surface area contributed by atoms with E-state index < -0.39 is 0 Å². The van der Waals surface area contributed by atoms with Gasteiger partial charge in [-0.1, -0.05) is 0 Å². The van der Waals surface area contributed by atoms with E-state index in [9.17, 15) is 4.79 Å². The van der Waals surface area contributed by atoms with E-state index in [1.807, 2.05) is 32.0 Å². The molecule has 0 saturated heterocycles. The molecular weight excluding hydrogens is 336 g/mol. The van der Waals surface area contributed by atoms with Crippen LogP contribution in [-0.2, 0) is 0 Å². The van der Waals surface area contributed by atoms with Crippen LogP contribution in [-0.4, -0.2) is 30.6 Å². The number of amides is 1. The number of carbonyl (C=O) groups is 1. The molecular formula is C17H14N6OS. The van der Waals surface area contributed by atoms with Crippen LogP contribution in [0.3, 0.4) is 0 Å².